The van der Waals surface area contributed by atoms with Gasteiger partial charge in [-0.3, -0.25) is 4.79 Å². The Kier molecular flexibility index (Phi) is 3.99. The summed E-state index contributed by atoms with van der Waals surface area (Å²) in [6, 6.07) is 1.65. The topological polar surface area (TPSA) is 63.3 Å². The van der Waals surface area contributed by atoms with E-state index in [9.17, 15) is 4.79 Å². The van der Waals surface area contributed by atoms with Crippen LogP contribution in [0.3, 0.4) is 0 Å². The molecule has 0 saturated carbocycles. The molecule has 3 N–H and O–H groups in total. The zero-order valence-electron chi connectivity index (χ0n) is 9.58. The van der Waals surface area contributed by atoms with Gasteiger partial charge in [0.1, 0.15) is 0 Å². The summed E-state index contributed by atoms with van der Waals surface area (Å²) in [6.07, 6.45) is 0.401. The zero-order chi connectivity index (χ0) is 12.5. The molecule has 90 valence electrons. The Hall–Kier alpha value is -0.580. The Morgan fingerprint density at radius 2 is 2.25 bits per heavy atom. The Morgan fingerprint density at radius 3 is 2.62 bits per heavy atom. The monoisotopic (exact) mass is 261 g/mol. The molecule has 0 fully saturated rings. The van der Waals surface area contributed by atoms with E-state index in [-0.39, 0.29) is 6.04 Å². The molecule has 1 atom stereocenters. The molecule has 0 amide bonds. The van der Waals surface area contributed by atoms with E-state index in [0.717, 1.165) is 14.8 Å². The molecule has 1 aromatic rings. The van der Waals surface area contributed by atoms with Crippen molar-refractivity contribution in [1.82, 2.24) is 0 Å². The number of thiophene rings is 1. The van der Waals surface area contributed by atoms with E-state index in [1.54, 1.807) is 13.8 Å². The highest BCUT2D eigenvalue weighted by atomic mass is 35.5. The number of aryl methyl sites for hydroxylation is 1. The van der Waals surface area contributed by atoms with Crippen LogP contribution in [0.1, 0.15) is 36.8 Å². The van der Waals surface area contributed by atoms with E-state index in [2.05, 4.69) is 0 Å². The Morgan fingerprint density at radius 1 is 1.69 bits per heavy atom. The summed E-state index contributed by atoms with van der Waals surface area (Å²) >= 11 is 7.38. The van der Waals surface area contributed by atoms with Gasteiger partial charge in [0.05, 0.1) is 9.75 Å². The average molecular weight is 262 g/mol. The van der Waals surface area contributed by atoms with Crippen molar-refractivity contribution < 1.29 is 9.90 Å². The normalized spacial score (nSPS) is 13.8. The molecule has 1 unspecified atom stereocenters. The summed E-state index contributed by atoms with van der Waals surface area (Å²) in [5, 5.41) is 9.02. The van der Waals surface area contributed by atoms with Gasteiger partial charge in [-0.05, 0) is 38.8 Å². The number of carboxylic acids is 1. The third-order valence-electron chi connectivity index (χ3n) is 2.55. The molecule has 0 saturated heterocycles. The Labute approximate surface area is 104 Å². The maximum Gasteiger partial charge on any atom is 0.309 e. The third kappa shape index (κ3) is 2.97. The number of halogens is 1. The van der Waals surface area contributed by atoms with Crippen LogP contribution >= 0.6 is 22.9 Å². The van der Waals surface area contributed by atoms with Gasteiger partial charge in [0.15, 0.2) is 0 Å². The highest BCUT2D eigenvalue weighted by Crippen LogP contribution is 2.35. The van der Waals surface area contributed by atoms with Gasteiger partial charge in [-0.25, -0.2) is 0 Å². The maximum atomic E-state index is 11.0. The van der Waals surface area contributed by atoms with Gasteiger partial charge in [-0.2, -0.15) is 0 Å². The number of aliphatic carboxylic acids is 1. The van der Waals surface area contributed by atoms with Crippen molar-refractivity contribution in [2.45, 2.75) is 33.2 Å². The summed E-state index contributed by atoms with van der Waals surface area (Å²) in [7, 11) is 0. The Balaban J connectivity index is 2.80. The highest BCUT2D eigenvalue weighted by Gasteiger charge is 2.30. The van der Waals surface area contributed by atoms with Crippen LogP contribution in [0.15, 0.2) is 6.07 Å². The van der Waals surface area contributed by atoms with Crippen LogP contribution in [0.4, 0.5) is 0 Å². The third-order valence-corrected chi connectivity index (χ3v) is 4.24. The van der Waals surface area contributed by atoms with E-state index < -0.39 is 11.4 Å². The van der Waals surface area contributed by atoms with Crippen molar-refractivity contribution in [3.05, 3.63) is 20.8 Å². The van der Waals surface area contributed by atoms with Gasteiger partial charge in [0, 0.05) is 10.9 Å². The minimum atomic E-state index is -0.831. The predicted molar refractivity (Wildman–Crippen MR) is 67.0 cm³/mol. The van der Waals surface area contributed by atoms with Gasteiger partial charge in [-0.1, -0.05) is 11.6 Å². The fraction of sp³-hybridized carbons (Fsp3) is 0.545. The molecule has 0 aliphatic rings. The summed E-state index contributed by atoms with van der Waals surface area (Å²) in [6.45, 7) is 5.27. The molecule has 1 heterocycles. The van der Waals surface area contributed by atoms with Crippen LogP contribution in [0.2, 0.25) is 4.34 Å². The molecule has 0 aliphatic carbocycles. The molecule has 0 bridgehead atoms. The number of hydrogen-bond donors (Lipinski definition) is 2. The summed E-state index contributed by atoms with van der Waals surface area (Å²) < 4.78 is 0.721. The van der Waals surface area contributed by atoms with Crippen molar-refractivity contribution >= 4 is 28.9 Å². The van der Waals surface area contributed by atoms with Gasteiger partial charge in [-0.15, -0.1) is 11.3 Å². The first-order chi connectivity index (χ1) is 7.24. The quantitative estimate of drug-likeness (QED) is 0.875. The average Bonchev–Trinajstić information content (AvgIpc) is 2.46. The minimum Gasteiger partial charge on any atom is -0.481 e. The molecule has 1 aromatic heterocycles. The number of rotatable bonds is 4. The van der Waals surface area contributed by atoms with Gasteiger partial charge < -0.3 is 10.8 Å². The second-order valence-electron chi connectivity index (χ2n) is 4.61. The first-order valence-electron chi connectivity index (χ1n) is 4.99. The van der Waals surface area contributed by atoms with E-state index in [1.165, 1.54) is 11.3 Å². The van der Waals surface area contributed by atoms with Crippen LogP contribution in [-0.2, 0) is 4.79 Å². The van der Waals surface area contributed by atoms with Crippen molar-refractivity contribution in [2.75, 3.05) is 0 Å². The smallest absolute Gasteiger partial charge is 0.309 e. The summed E-state index contributed by atoms with van der Waals surface area (Å²) in [5.41, 5.74) is 6.16. The van der Waals surface area contributed by atoms with Crippen LogP contribution < -0.4 is 5.73 Å². The predicted octanol–water partition coefficient (Wildman–Crippen LogP) is 3.21. The zero-order valence-corrected chi connectivity index (χ0v) is 11.2. The van der Waals surface area contributed by atoms with Gasteiger partial charge in [0.25, 0.3) is 0 Å². The lowest BCUT2D eigenvalue weighted by Gasteiger charge is -2.22. The summed E-state index contributed by atoms with van der Waals surface area (Å²) in [4.78, 5) is 11.9. The second-order valence-corrected chi connectivity index (χ2v) is 6.29. The molecule has 5 heteroatoms. The van der Waals surface area contributed by atoms with Gasteiger partial charge >= 0.3 is 5.97 Å². The SMILES string of the molecule is Cc1cc(C(N)CC(C)(C)C(=O)O)sc1Cl. The number of nitrogens with two attached hydrogens (primary N) is 1. The molecule has 0 aliphatic heterocycles. The molecule has 16 heavy (non-hydrogen) atoms. The lowest BCUT2D eigenvalue weighted by atomic mass is 9.85. The van der Waals surface area contributed by atoms with Crippen LogP contribution in [0, 0.1) is 12.3 Å². The number of carbonyl (C=O) groups is 1. The molecule has 3 nitrogen and oxygen atoms in total. The first kappa shape index (κ1) is 13.5. The van der Waals surface area contributed by atoms with Crippen LogP contribution in [0.5, 0.6) is 0 Å². The number of carboxylic acid groups (broad SMARTS) is 1. The molecule has 1 rings (SSSR count). The molecule has 0 spiro atoms. The molecule has 0 aromatic carbocycles. The molecular weight excluding hydrogens is 246 g/mol. The van der Waals surface area contributed by atoms with Gasteiger partial charge in [0.2, 0.25) is 0 Å². The Bertz CT molecular complexity index is 381. The fourth-order valence-corrected chi connectivity index (χ4v) is 2.62. The second kappa shape index (κ2) is 4.73. The molecular formula is C11H16ClNO2S. The minimum absolute atomic E-state index is 0.276. The lowest BCUT2D eigenvalue weighted by Crippen LogP contribution is -2.28. The first-order valence-corrected chi connectivity index (χ1v) is 6.18. The maximum absolute atomic E-state index is 11.0. The fourth-order valence-electron chi connectivity index (χ4n) is 1.40. The van der Waals surface area contributed by atoms with Crippen molar-refractivity contribution in [3.63, 3.8) is 0 Å². The largest absolute Gasteiger partial charge is 0.481 e. The van der Waals surface area contributed by atoms with E-state index in [0.29, 0.717) is 6.42 Å². The van der Waals surface area contributed by atoms with E-state index in [4.69, 9.17) is 22.4 Å². The molecule has 0 radical (unpaired) electrons. The van der Waals surface area contributed by atoms with Crippen molar-refractivity contribution in [1.29, 1.82) is 0 Å². The van der Waals surface area contributed by atoms with E-state index in [1.807, 2.05) is 13.0 Å². The standard InChI is InChI=1S/C11H16ClNO2S/c1-6-4-8(16-9(6)12)7(13)5-11(2,3)10(14)15/h4,7H,5,13H2,1-3H3,(H,14,15). The van der Waals surface area contributed by atoms with Crippen molar-refractivity contribution in [3.8, 4) is 0 Å². The van der Waals surface area contributed by atoms with E-state index >= 15 is 0 Å². The van der Waals surface area contributed by atoms with Crippen LogP contribution in [0.25, 0.3) is 0 Å². The van der Waals surface area contributed by atoms with Crippen LogP contribution in [-0.4, -0.2) is 11.1 Å². The summed E-state index contributed by atoms with van der Waals surface area (Å²) in [5.74, 6) is -0.831. The lowest BCUT2D eigenvalue weighted by molar-refractivity contribution is -0.147. The highest BCUT2D eigenvalue weighted by molar-refractivity contribution is 7.16. The number of hydrogen-bond acceptors (Lipinski definition) is 3. The van der Waals surface area contributed by atoms with Crippen molar-refractivity contribution in [2.24, 2.45) is 11.1 Å².